The quantitative estimate of drug-likeness (QED) is 0.821. The summed E-state index contributed by atoms with van der Waals surface area (Å²) < 4.78 is 0. The first kappa shape index (κ1) is 9.93. The fourth-order valence-corrected chi connectivity index (χ4v) is 2.19. The van der Waals surface area contributed by atoms with Gasteiger partial charge in [-0.2, -0.15) is 0 Å². The molecule has 0 saturated heterocycles. The minimum atomic E-state index is -0.0426. The Labute approximate surface area is 92.6 Å². The van der Waals surface area contributed by atoms with Crippen LogP contribution in [-0.2, 0) is 4.79 Å². The van der Waals surface area contributed by atoms with Gasteiger partial charge in [-0.05, 0) is 17.5 Å². The van der Waals surface area contributed by atoms with E-state index in [4.69, 9.17) is 0 Å². The third-order valence-corrected chi connectivity index (χ3v) is 2.93. The normalized spacial score (nSPS) is 9.93. The highest BCUT2D eigenvalue weighted by Crippen LogP contribution is 2.31. The minimum Gasteiger partial charge on any atom is -0.326 e. The summed E-state index contributed by atoms with van der Waals surface area (Å²) in [5.41, 5.74) is 1.94. The van der Waals surface area contributed by atoms with Crippen LogP contribution in [0.5, 0.6) is 0 Å². The molecule has 15 heavy (non-hydrogen) atoms. The lowest BCUT2D eigenvalue weighted by Crippen LogP contribution is -2.06. The number of carbonyl (C=O) groups excluding carboxylic acids is 1. The molecule has 0 aliphatic heterocycles. The molecule has 1 heterocycles. The van der Waals surface area contributed by atoms with Crippen molar-refractivity contribution < 1.29 is 4.79 Å². The van der Waals surface area contributed by atoms with E-state index in [1.165, 1.54) is 11.8 Å². The molecule has 0 aliphatic carbocycles. The number of nitrogens with one attached hydrogen (secondary N) is 1. The largest absolute Gasteiger partial charge is 0.326 e. The van der Waals surface area contributed by atoms with E-state index in [1.807, 2.05) is 41.8 Å². The lowest BCUT2D eigenvalue weighted by Gasteiger charge is -2.07. The molecule has 2 nitrogen and oxygen atoms in total. The highest BCUT2D eigenvalue weighted by molar-refractivity contribution is 7.13. The first-order valence-electron chi connectivity index (χ1n) is 4.68. The summed E-state index contributed by atoms with van der Waals surface area (Å²) in [5, 5.41) is 4.86. The first-order chi connectivity index (χ1) is 7.27. The second-order valence-corrected chi connectivity index (χ2v) is 4.15. The lowest BCUT2D eigenvalue weighted by atomic mass is 10.1. The van der Waals surface area contributed by atoms with Crippen LogP contribution in [0.2, 0.25) is 0 Å². The number of thiophene rings is 1. The van der Waals surface area contributed by atoms with Crippen LogP contribution in [0.25, 0.3) is 10.4 Å². The van der Waals surface area contributed by atoms with Crippen LogP contribution >= 0.6 is 11.3 Å². The van der Waals surface area contributed by atoms with Gasteiger partial charge in [0.15, 0.2) is 0 Å². The Balaban J connectivity index is 2.42. The second kappa shape index (κ2) is 4.28. The van der Waals surface area contributed by atoms with Crippen molar-refractivity contribution in [3.05, 3.63) is 41.8 Å². The zero-order valence-corrected chi connectivity index (χ0v) is 9.17. The van der Waals surface area contributed by atoms with Crippen molar-refractivity contribution in [3.8, 4) is 10.4 Å². The summed E-state index contributed by atoms with van der Waals surface area (Å²) >= 11 is 1.67. The van der Waals surface area contributed by atoms with Crippen molar-refractivity contribution in [2.45, 2.75) is 6.92 Å². The third kappa shape index (κ3) is 2.25. The topological polar surface area (TPSA) is 29.1 Å². The molecular formula is C12H11NOS. The van der Waals surface area contributed by atoms with E-state index in [0.29, 0.717) is 0 Å². The maximum atomic E-state index is 11.0. The Kier molecular flexibility index (Phi) is 2.83. The first-order valence-corrected chi connectivity index (χ1v) is 5.56. The number of carbonyl (C=O) groups is 1. The summed E-state index contributed by atoms with van der Waals surface area (Å²) in [6.45, 7) is 1.52. The van der Waals surface area contributed by atoms with Gasteiger partial charge in [0.25, 0.3) is 0 Å². The van der Waals surface area contributed by atoms with Crippen molar-refractivity contribution in [3.63, 3.8) is 0 Å². The van der Waals surface area contributed by atoms with Crippen LogP contribution in [0.4, 0.5) is 5.69 Å². The van der Waals surface area contributed by atoms with Crippen LogP contribution < -0.4 is 5.32 Å². The summed E-state index contributed by atoms with van der Waals surface area (Å²) in [6.07, 6.45) is 0. The molecule has 0 saturated carbocycles. The summed E-state index contributed by atoms with van der Waals surface area (Å²) in [5.74, 6) is -0.0426. The molecule has 0 bridgehead atoms. The average molecular weight is 217 g/mol. The molecule has 0 atom stereocenters. The molecule has 3 heteroatoms. The zero-order chi connectivity index (χ0) is 10.7. The van der Waals surface area contributed by atoms with Crippen LogP contribution in [0, 0.1) is 0 Å². The molecule has 2 aromatic rings. The van der Waals surface area contributed by atoms with Gasteiger partial charge in [0.1, 0.15) is 0 Å². The van der Waals surface area contributed by atoms with E-state index in [-0.39, 0.29) is 5.91 Å². The number of para-hydroxylation sites is 1. The van der Waals surface area contributed by atoms with Crippen LogP contribution in [0.15, 0.2) is 41.8 Å². The number of amides is 1. The van der Waals surface area contributed by atoms with Gasteiger partial charge in [0.2, 0.25) is 5.91 Å². The number of hydrogen-bond donors (Lipinski definition) is 1. The van der Waals surface area contributed by atoms with Crippen molar-refractivity contribution in [2.24, 2.45) is 0 Å². The molecule has 1 aromatic carbocycles. The SMILES string of the molecule is CC(=O)Nc1ccccc1-c1cccs1. The molecule has 1 aromatic heterocycles. The van der Waals surface area contributed by atoms with Crippen LogP contribution in [0.1, 0.15) is 6.92 Å². The molecular weight excluding hydrogens is 206 g/mol. The number of anilines is 1. The Morgan fingerprint density at radius 1 is 1.20 bits per heavy atom. The Morgan fingerprint density at radius 2 is 2.00 bits per heavy atom. The minimum absolute atomic E-state index is 0.0426. The predicted molar refractivity (Wildman–Crippen MR) is 64.1 cm³/mol. The number of benzene rings is 1. The smallest absolute Gasteiger partial charge is 0.221 e. The maximum absolute atomic E-state index is 11.0. The van der Waals surface area contributed by atoms with Gasteiger partial charge in [-0.25, -0.2) is 0 Å². The monoisotopic (exact) mass is 217 g/mol. The van der Waals surface area contributed by atoms with Gasteiger partial charge in [0, 0.05) is 23.1 Å². The van der Waals surface area contributed by atoms with E-state index in [2.05, 4.69) is 5.32 Å². The number of rotatable bonds is 2. The van der Waals surface area contributed by atoms with Gasteiger partial charge in [0.05, 0.1) is 0 Å². The fraction of sp³-hybridized carbons (Fsp3) is 0.0833. The molecule has 2 rings (SSSR count). The molecule has 0 radical (unpaired) electrons. The molecule has 0 unspecified atom stereocenters. The predicted octanol–water partition coefficient (Wildman–Crippen LogP) is 3.37. The van der Waals surface area contributed by atoms with Gasteiger partial charge in [-0.15, -0.1) is 11.3 Å². The zero-order valence-electron chi connectivity index (χ0n) is 8.36. The Morgan fingerprint density at radius 3 is 2.67 bits per heavy atom. The highest BCUT2D eigenvalue weighted by atomic mass is 32.1. The van der Waals surface area contributed by atoms with Crippen LogP contribution in [0.3, 0.4) is 0 Å². The van der Waals surface area contributed by atoms with Crippen molar-refractivity contribution in [1.82, 2.24) is 0 Å². The van der Waals surface area contributed by atoms with E-state index >= 15 is 0 Å². The Hall–Kier alpha value is -1.61. The highest BCUT2D eigenvalue weighted by Gasteiger charge is 2.05. The molecule has 0 spiro atoms. The van der Waals surface area contributed by atoms with E-state index in [9.17, 15) is 4.79 Å². The van der Waals surface area contributed by atoms with Crippen molar-refractivity contribution in [1.29, 1.82) is 0 Å². The Bertz CT molecular complexity index is 462. The van der Waals surface area contributed by atoms with E-state index < -0.39 is 0 Å². The van der Waals surface area contributed by atoms with Gasteiger partial charge in [-0.3, -0.25) is 4.79 Å². The third-order valence-electron chi connectivity index (χ3n) is 2.02. The fourth-order valence-electron chi connectivity index (χ4n) is 1.43. The maximum Gasteiger partial charge on any atom is 0.221 e. The van der Waals surface area contributed by atoms with Gasteiger partial charge >= 0.3 is 0 Å². The summed E-state index contributed by atoms with van der Waals surface area (Å²) in [7, 11) is 0. The summed E-state index contributed by atoms with van der Waals surface area (Å²) in [4.78, 5) is 12.2. The van der Waals surface area contributed by atoms with Crippen LogP contribution in [-0.4, -0.2) is 5.91 Å². The molecule has 1 amide bonds. The average Bonchev–Trinajstić information content (AvgIpc) is 2.70. The second-order valence-electron chi connectivity index (χ2n) is 3.20. The summed E-state index contributed by atoms with van der Waals surface area (Å²) in [6, 6.07) is 11.9. The number of hydrogen-bond acceptors (Lipinski definition) is 2. The molecule has 76 valence electrons. The van der Waals surface area contributed by atoms with Gasteiger partial charge < -0.3 is 5.32 Å². The van der Waals surface area contributed by atoms with Crippen molar-refractivity contribution >= 4 is 22.9 Å². The molecule has 0 fully saturated rings. The molecule has 0 aliphatic rings. The standard InChI is InChI=1S/C12H11NOS/c1-9(14)13-11-6-3-2-5-10(11)12-7-4-8-15-12/h2-8H,1H3,(H,13,14). The lowest BCUT2D eigenvalue weighted by molar-refractivity contribution is -0.114. The van der Waals surface area contributed by atoms with E-state index in [0.717, 1.165) is 11.3 Å². The van der Waals surface area contributed by atoms with Crippen molar-refractivity contribution in [2.75, 3.05) is 5.32 Å². The van der Waals surface area contributed by atoms with E-state index in [1.54, 1.807) is 11.3 Å². The van der Waals surface area contributed by atoms with Gasteiger partial charge in [-0.1, -0.05) is 24.3 Å². The molecule has 1 N–H and O–H groups in total.